The maximum Gasteiger partial charge on any atom is 0.234 e. The SMILES string of the molecule is CN(C)CC(=O)N[C@@H]1C[C@@H](O)C12CCOCC2. The van der Waals surface area contributed by atoms with Crippen molar-refractivity contribution in [3.8, 4) is 0 Å². The smallest absolute Gasteiger partial charge is 0.234 e. The van der Waals surface area contributed by atoms with Gasteiger partial charge >= 0.3 is 0 Å². The van der Waals surface area contributed by atoms with Crippen molar-refractivity contribution in [1.29, 1.82) is 0 Å². The number of amides is 1. The number of nitrogens with one attached hydrogen (secondary N) is 1. The molecule has 1 saturated heterocycles. The third kappa shape index (κ3) is 2.46. The maximum atomic E-state index is 11.7. The van der Waals surface area contributed by atoms with Gasteiger partial charge in [0.1, 0.15) is 0 Å². The van der Waals surface area contributed by atoms with Gasteiger partial charge in [0, 0.05) is 24.7 Å². The van der Waals surface area contributed by atoms with Crippen LogP contribution in [0.3, 0.4) is 0 Å². The van der Waals surface area contributed by atoms with Crippen molar-refractivity contribution < 1.29 is 14.6 Å². The van der Waals surface area contributed by atoms with Crippen LogP contribution in [0.1, 0.15) is 19.3 Å². The molecule has 1 spiro atoms. The molecule has 0 aromatic carbocycles. The second kappa shape index (κ2) is 4.92. The van der Waals surface area contributed by atoms with Crippen LogP contribution in [0.25, 0.3) is 0 Å². The molecule has 2 atom stereocenters. The van der Waals surface area contributed by atoms with Gasteiger partial charge in [0.15, 0.2) is 0 Å². The number of hydrogen-bond donors (Lipinski definition) is 2. The first-order chi connectivity index (χ1) is 8.04. The van der Waals surface area contributed by atoms with Gasteiger partial charge in [-0.05, 0) is 33.4 Å². The first-order valence-corrected chi connectivity index (χ1v) is 6.24. The highest BCUT2D eigenvalue weighted by molar-refractivity contribution is 5.78. The standard InChI is InChI=1S/C12H22N2O3/c1-14(2)8-11(16)13-9-7-10(15)12(9)3-5-17-6-4-12/h9-10,15H,3-8H2,1-2H3,(H,13,16)/t9-,10-/m1/s1. The van der Waals surface area contributed by atoms with E-state index in [4.69, 9.17) is 4.74 Å². The zero-order chi connectivity index (χ0) is 12.5. The average Bonchev–Trinajstić information content (AvgIpc) is 2.29. The van der Waals surface area contributed by atoms with Gasteiger partial charge in [-0.2, -0.15) is 0 Å². The van der Waals surface area contributed by atoms with E-state index in [0.29, 0.717) is 26.2 Å². The third-order valence-electron chi connectivity index (χ3n) is 4.04. The minimum atomic E-state index is -0.281. The monoisotopic (exact) mass is 242 g/mol. The summed E-state index contributed by atoms with van der Waals surface area (Å²) < 4.78 is 5.33. The Morgan fingerprint density at radius 1 is 1.47 bits per heavy atom. The van der Waals surface area contributed by atoms with Crippen LogP contribution in [0.15, 0.2) is 0 Å². The first-order valence-electron chi connectivity index (χ1n) is 6.24. The molecule has 0 bridgehead atoms. The predicted molar refractivity (Wildman–Crippen MR) is 63.6 cm³/mol. The number of aliphatic hydroxyl groups excluding tert-OH is 1. The van der Waals surface area contributed by atoms with Crippen molar-refractivity contribution in [1.82, 2.24) is 10.2 Å². The Kier molecular flexibility index (Phi) is 3.70. The molecule has 2 aliphatic rings. The van der Waals surface area contributed by atoms with Crippen LogP contribution in [-0.4, -0.2) is 61.9 Å². The summed E-state index contributed by atoms with van der Waals surface area (Å²) in [6.07, 6.45) is 2.09. The fraction of sp³-hybridized carbons (Fsp3) is 0.917. The fourth-order valence-electron chi connectivity index (χ4n) is 2.93. The largest absolute Gasteiger partial charge is 0.392 e. The molecular weight excluding hydrogens is 220 g/mol. The van der Waals surface area contributed by atoms with Gasteiger partial charge in [-0.15, -0.1) is 0 Å². The van der Waals surface area contributed by atoms with Gasteiger partial charge in [-0.25, -0.2) is 0 Å². The highest BCUT2D eigenvalue weighted by atomic mass is 16.5. The molecule has 5 nitrogen and oxygen atoms in total. The summed E-state index contributed by atoms with van der Waals surface area (Å²) >= 11 is 0. The van der Waals surface area contributed by atoms with Crippen LogP contribution in [0.2, 0.25) is 0 Å². The van der Waals surface area contributed by atoms with Crippen LogP contribution < -0.4 is 5.32 Å². The van der Waals surface area contributed by atoms with E-state index in [0.717, 1.165) is 12.8 Å². The Bertz CT molecular complexity index is 287. The molecule has 98 valence electrons. The molecule has 2 rings (SSSR count). The summed E-state index contributed by atoms with van der Waals surface area (Å²) in [5.41, 5.74) is -0.125. The Morgan fingerprint density at radius 2 is 2.12 bits per heavy atom. The third-order valence-corrected chi connectivity index (χ3v) is 4.04. The summed E-state index contributed by atoms with van der Waals surface area (Å²) in [4.78, 5) is 13.6. The zero-order valence-electron chi connectivity index (χ0n) is 10.6. The molecular formula is C12H22N2O3. The zero-order valence-corrected chi connectivity index (χ0v) is 10.6. The second-order valence-electron chi connectivity index (χ2n) is 5.45. The molecule has 1 aliphatic carbocycles. The van der Waals surface area contributed by atoms with Crippen molar-refractivity contribution in [2.45, 2.75) is 31.4 Å². The first kappa shape index (κ1) is 12.8. The molecule has 2 fully saturated rings. The minimum absolute atomic E-state index is 0.0396. The molecule has 0 aromatic heterocycles. The summed E-state index contributed by atoms with van der Waals surface area (Å²) in [5.74, 6) is 0.0396. The predicted octanol–water partition coefficient (Wildman–Crippen LogP) is -0.406. The molecule has 0 unspecified atom stereocenters. The number of carbonyl (C=O) groups is 1. The quantitative estimate of drug-likeness (QED) is 0.706. The lowest BCUT2D eigenvalue weighted by Gasteiger charge is -2.55. The normalized spacial score (nSPS) is 31.3. The van der Waals surface area contributed by atoms with Crippen molar-refractivity contribution in [3.05, 3.63) is 0 Å². The van der Waals surface area contributed by atoms with Gasteiger partial charge in [0.25, 0.3) is 0 Å². The van der Waals surface area contributed by atoms with Gasteiger partial charge in [0.05, 0.1) is 12.6 Å². The van der Waals surface area contributed by atoms with E-state index in [1.165, 1.54) is 0 Å². The highest BCUT2D eigenvalue weighted by Crippen LogP contribution is 2.48. The van der Waals surface area contributed by atoms with E-state index in [1.54, 1.807) is 0 Å². The van der Waals surface area contributed by atoms with Gasteiger partial charge in [-0.3, -0.25) is 4.79 Å². The molecule has 2 N–H and O–H groups in total. The number of rotatable bonds is 3. The van der Waals surface area contributed by atoms with Crippen LogP contribution in [0.5, 0.6) is 0 Å². The van der Waals surface area contributed by atoms with E-state index in [2.05, 4.69) is 5.32 Å². The summed E-state index contributed by atoms with van der Waals surface area (Å²) in [6, 6.07) is 0.119. The number of aliphatic hydroxyl groups is 1. The van der Waals surface area contributed by atoms with E-state index >= 15 is 0 Å². The topological polar surface area (TPSA) is 61.8 Å². The van der Waals surface area contributed by atoms with Crippen LogP contribution in [0, 0.1) is 5.41 Å². The van der Waals surface area contributed by atoms with Crippen molar-refractivity contribution in [2.75, 3.05) is 33.9 Å². The second-order valence-corrected chi connectivity index (χ2v) is 5.45. The number of nitrogens with zero attached hydrogens (tertiary/aromatic N) is 1. The molecule has 1 saturated carbocycles. The molecule has 1 aliphatic heterocycles. The molecule has 1 heterocycles. The summed E-state index contributed by atoms with van der Waals surface area (Å²) in [6.45, 7) is 1.79. The van der Waals surface area contributed by atoms with Crippen molar-refractivity contribution in [3.63, 3.8) is 0 Å². The van der Waals surface area contributed by atoms with Gasteiger partial charge in [-0.1, -0.05) is 0 Å². The lowest BCUT2D eigenvalue weighted by Crippen LogP contribution is -2.66. The van der Waals surface area contributed by atoms with Crippen LogP contribution in [-0.2, 0) is 9.53 Å². The molecule has 5 heteroatoms. The minimum Gasteiger partial charge on any atom is -0.392 e. The Morgan fingerprint density at radius 3 is 2.65 bits per heavy atom. The Balaban J connectivity index is 1.91. The highest BCUT2D eigenvalue weighted by Gasteiger charge is 2.55. The Labute approximate surface area is 102 Å². The van der Waals surface area contributed by atoms with E-state index in [9.17, 15) is 9.90 Å². The molecule has 17 heavy (non-hydrogen) atoms. The lowest BCUT2D eigenvalue weighted by molar-refractivity contribution is -0.156. The van der Waals surface area contributed by atoms with E-state index < -0.39 is 0 Å². The number of carbonyl (C=O) groups excluding carboxylic acids is 1. The Hall–Kier alpha value is -0.650. The average molecular weight is 242 g/mol. The number of ether oxygens (including phenoxy) is 1. The summed E-state index contributed by atoms with van der Waals surface area (Å²) in [7, 11) is 3.75. The molecule has 0 aromatic rings. The molecule has 1 amide bonds. The lowest BCUT2D eigenvalue weighted by atomic mass is 9.58. The summed E-state index contributed by atoms with van der Waals surface area (Å²) in [5, 5.41) is 13.0. The molecule has 0 radical (unpaired) electrons. The van der Waals surface area contributed by atoms with Gasteiger partial charge < -0.3 is 20.1 Å². The maximum absolute atomic E-state index is 11.7. The van der Waals surface area contributed by atoms with E-state index in [1.807, 2.05) is 19.0 Å². The fourth-order valence-corrected chi connectivity index (χ4v) is 2.93. The van der Waals surface area contributed by atoms with E-state index in [-0.39, 0.29) is 23.5 Å². The number of hydrogen-bond acceptors (Lipinski definition) is 4. The van der Waals surface area contributed by atoms with Crippen molar-refractivity contribution >= 4 is 5.91 Å². The van der Waals surface area contributed by atoms with Crippen LogP contribution >= 0.6 is 0 Å². The van der Waals surface area contributed by atoms with Crippen molar-refractivity contribution in [2.24, 2.45) is 5.41 Å². The number of likely N-dealkylation sites (N-methyl/N-ethyl adjacent to an activating group) is 1. The van der Waals surface area contributed by atoms with Gasteiger partial charge in [0.2, 0.25) is 5.91 Å². The van der Waals surface area contributed by atoms with Crippen LogP contribution in [0.4, 0.5) is 0 Å².